The van der Waals surface area contributed by atoms with Gasteiger partial charge in [-0.15, -0.1) is 0 Å². The van der Waals surface area contributed by atoms with E-state index < -0.39 is 11.7 Å². The van der Waals surface area contributed by atoms with Crippen molar-refractivity contribution in [2.45, 2.75) is 25.2 Å². The first-order chi connectivity index (χ1) is 14.7. The fourth-order valence-corrected chi connectivity index (χ4v) is 4.04. The Morgan fingerprint density at radius 1 is 1.23 bits per heavy atom. The van der Waals surface area contributed by atoms with Gasteiger partial charge in [-0.3, -0.25) is 19.1 Å². The van der Waals surface area contributed by atoms with Crippen molar-refractivity contribution in [1.29, 1.82) is 0 Å². The van der Waals surface area contributed by atoms with Crippen LogP contribution < -0.4 is 5.32 Å². The highest BCUT2D eigenvalue weighted by Gasteiger charge is 2.38. The summed E-state index contributed by atoms with van der Waals surface area (Å²) >= 11 is 0. The molecular formula is C21H23F3N6O. The number of halogens is 3. The molecular weight excluding hydrogens is 409 g/mol. The molecule has 10 heteroatoms. The molecule has 0 spiro atoms. The van der Waals surface area contributed by atoms with Gasteiger partial charge >= 0.3 is 6.18 Å². The van der Waals surface area contributed by atoms with Gasteiger partial charge in [0.25, 0.3) is 0 Å². The van der Waals surface area contributed by atoms with Gasteiger partial charge < -0.3 is 5.32 Å². The van der Waals surface area contributed by atoms with Gasteiger partial charge in [-0.1, -0.05) is 12.1 Å². The van der Waals surface area contributed by atoms with Crippen LogP contribution in [0.25, 0.3) is 0 Å². The van der Waals surface area contributed by atoms with Crippen molar-refractivity contribution in [3.8, 4) is 0 Å². The Kier molecular flexibility index (Phi) is 5.57. The molecule has 1 aliphatic heterocycles. The van der Waals surface area contributed by atoms with Crippen LogP contribution in [0.15, 0.2) is 48.9 Å². The number of benzene rings is 1. The number of nitrogens with zero attached hydrogens (tertiary/aromatic N) is 5. The van der Waals surface area contributed by atoms with Gasteiger partial charge in [0.1, 0.15) is 0 Å². The quantitative estimate of drug-likeness (QED) is 0.671. The lowest BCUT2D eigenvalue weighted by Crippen LogP contribution is -2.27. The predicted octanol–water partition coefficient (Wildman–Crippen LogP) is 3.37. The van der Waals surface area contributed by atoms with E-state index in [0.717, 1.165) is 11.6 Å². The van der Waals surface area contributed by atoms with Crippen LogP contribution in [-0.2, 0) is 31.6 Å². The van der Waals surface area contributed by atoms with Crippen LogP contribution >= 0.6 is 0 Å². The minimum atomic E-state index is -4.42. The van der Waals surface area contributed by atoms with Crippen molar-refractivity contribution in [1.82, 2.24) is 24.5 Å². The molecule has 1 saturated heterocycles. The molecule has 3 aromatic rings. The summed E-state index contributed by atoms with van der Waals surface area (Å²) in [4.78, 5) is 14.9. The zero-order valence-electron chi connectivity index (χ0n) is 17.2. The molecule has 1 N–H and O–H groups in total. The van der Waals surface area contributed by atoms with Crippen molar-refractivity contribution in [2.75, 3.05) is 11.9 Å². The van der Waals surface area contributed by atoms with Gasteiger partial charge in [0.05, 0.1) is 17.7 Å². The molecule has 0 aliphatic carbocycles. The van der Waals surface area contributed by atoms with Crippen molar-refractivity contribution >= 4 is 11.7 Å². The normalized spacial score (nSPS) is 19.6. The van der Waals surface area contributed by atoms with Crippen LogP contribution in [0.3, 0.4) is 0 Å². The Labute approximate surface area is 177 Å². The summed E-state index contributed by atoms with van der Waals surface area (Å²) in [6.07, 6.45) is 1.32. The fourth-order valence-electron chi connectivity index (χ4n) is 4.04. The molecule has 31 heavy (non-hydrogen) atoms. The monoisotopic (exact) mass is 432 g/mol. The number of alkyl halides is 3. The molecule has 7 nitrogen and oxygen atoms in total. The first-order valence-corrected chi connectivity index (χ1v) is 9.88. The van der Waals surface area contributed by atoms with Gasteiger partial charge in [0, 0.05) is 57.3 Å². The Bertz CT molecular complexity index is 1070. The topological polar surface area (TPSA) is 68.0 Å². The lowest BCUT2D eigenvalue weighted by Gasteiger charge is -2.24. The third-order valence-electron chi connectivity index (χ3n) is 5.48. The molecule has 1 fully saturated rings. The summed E-state index contributed by atoms with van der Waals surface area (Å²) in [5, 5.41) is 11.1. The van der Waals surface area contributed by atoms with E-state index in [1.807, 2.05) is 11.1 Å². The SMILES string of the molecule is Cn1cc(CN2C[C@H](C(=O)Nc3ccn(C)n3)C[C@@H]2c2cccc(C(F)(F)F)c2)cn1. The van der Waals surface area contributed by atoms with Crippen molar-refractivity contribution in [3.05, 3.63) is 65.6 Å². The maximum atomic E-state index is 13.3. The maximum absolute atomic E-state index is 13.3. The highest BCUT2D eigenvalue weighted by molar-refractivity contribution is 5.92. The molecule has 0 bridgehead atoms. The number of anilines is 1. The molecule has 1 aromatic carbocycles. The summed E-state index contributed by atoms with van der Waals surface area (Å²) in [7, 11) is 3.56. The van der Waals surface area contributed by atoms with Crippen LogP contribution in [0.1, 0.15) is 29.2 Å². The number of aromatic nitrogens is 4. The highest BCUT2D eigenvalue weighted by Crippen LogP contribution is 2.39. The van der Waals surface area contributed by atoms with E-state index in [-0.39, 0.29) is 17.9 Å². The highest BCUT2D eigenvalue weighted by atomic mass is 19.4. The van der Waals surface area contributed by atoms with Gasteiger partial charge in [-0.25, -0.2) is 0 Å². The Hall–Kier alpha value is -3.14. The smallest absolute Gasteiger partial charge is 0.309 e. The van der Waals surface area contributed by atoms with Crippen LogP contribution in [0, 0.1) is 5.92 Å². The van der Waals surface area contributed by atoms with Crippen LogP contribution in [0.5, 0.6) is 0 Å². The first-order valence-electron chi connectivity index (χ1n) is 9.88. The van der Waals surface area contributed by atoms with E-state index in [1.54, 1.807) is 48.0 Å². The number of rotatable bonds is 5. The van der Waals surface area contributed by atoms with Gasteiger partial charge in [-0.2, -0.15) is 23.4 Å². The number of hydrogen-bond acceptors (Lipinski definition) is 4. The molecule has 4 rings (SSSR count). The number of likely N-dealkylation sites (tertiary alicyclic amines) is 1. The van der Waals surface area contributed by atoms with Crippen LogP contribution in [0.4, 0.5) is 19.0 Å². The molecule has 0 saturated carbocycles. The van der Waals surface area contributed by atoms with Crippen molar-refractivity contribution in [2.24, 2.45) is 20.0 Å². The predicted molar refractivity (Wildman–Crippen MR) is 108 cm³/mol. The van der Waals surface area contributed by atoms with Gasteiger partial charge in [-0.05, 0) is 24.1 Å². The minimum Gasteiger partial charge on any atom is -0.309 e. The van der Waals surface area contributed by atoms with Crippen molar-refractivity contribution < 1.29 is 18.0 Å². The zero-order valence-corrected chi connectivity index (χ0v) is 17.2. The lowest BCUT2D eigenvalue weighted by atomic mass is 9.97. The minimum absolute atomic E-state index is 0.190. The average Bonchev–Trinajstić information content (AvgIpc) is 3.42. The van der Waals surface area contributed by atoms with Crippen LogP contribution in [-0.4, -0.2) is 36.9 Å². The maximum Gasteiger partial charge on any atom is 0.416 e. The second-order valence-electron chi connectivity index (χ2n) is 7.89. The number of carbonyl (C=O) groups is 1. The molecule has 1 amide bonds. The standard InChI is InChI=1S/C21H23F3N6O/c1-28-7-6-19(27-28)26-20(31)16-9-18(15-4-3-5-17(8-15)21(22,23)24)30(13-16)12-14-10-25-29(2)11-14/h3-8,10-11,16,18H,9,12-13H2,1-2H3,(H,26,27,31)/t16-,18-/m1/s1. The Morgan fingerprint density at radius 3 is 2.68 bits per heavy atom. The van der Waals surface area contributed by atoms with E-state index in [4.69, 9.17) is 0 Å². The molecule has 0 radical (unpaired) electrons. The van der Waals surface area contributed by atoms with Crippen molar-refractivity contribution in [3.63, 3.8) is 0 Å². The summed E-state index contributed by atoms with van der Waals surface area (Å²) in [5.41, 5.74) is 0.796. The van der Waals surface area contributed by atoms with E-state index in [2.05, 4.69) is 15.5 Å². The molecule has 164 valence electrons. The molecule has 2 aromatic heterocycles. The number of aryl methyl sites for hydroxylation is 2. The number of hydrogen-bond donors (Lipinski definition) is 1. The Balaban J connectivity index is 1.58. The summed E-state index contributed by atoms with van der Waals surface area (Å²) in [6.45, 7) is 0.913. The van der Waals surface area contributed by atoms with E-state index in [0.29, 0.717) is 30.9 Å². The fraction of sp³-hybridized carbons (Fsp3) is 0.381. The number of amides is 1. The second kappa shape index (κ2) is 8.18. The van der Waals surface area contributed by atoms with Gasteiger partial charge in [0.2, 0.25) is 5.91 Å². The van der Waals surface area contributed by atoms with Gasteiger partial charge in [0.15, 0.2) is 5.82 Å². The summed E-state index contributed by atoms with van der Waals surface area (Å²) < 4.78 is 43.0. The third-order valence-corrected chi connectivity index (χ3v) is 5.48. The molecule has 1 aliphatic rings. The number of nitrogens with one attached hydrogen (secondary N) is 1. The largest absolute Gasteiger partial charge is 0.416 e. The van der Waals surface area contributed by atoms with E-state index in [1.165, 1.54) is 12.1 Å². The average molecular weight is 432 g/mol. The number of carbonyl (C=O) groups excluding carboxylic acids is 1. The Morgan fingerprint density at radius 2 is 2.03 bits per heavy atom. The molecule has 0 unspecified atom stereocenters. The van der Waals surface area contributed by atoms with E-state index in [9.17, 15) is 18.0 Å². The zero-order chi connectivity index (χ0) is 22.2. The lowest BCUT2D eigenvalue weighted by molar-refractivity contribution is -0.137. The molecule has 3 heterocycles. The summed E-state index contributed by atoms with van der Waals surface area (Å²) in [5.74, 6) is -0.114. The second-order valence-corrected chi connectivity index (χ2v) is 7.89. The van der Waals surface area contributed by atoms with E-state index >= 15 is 0 Å². The summed E-state index contributed by atoms with van der Waals surface area (Å²) in [6, 6.07) is 6.73. The first kappa shape index (κ1) is 21.1. The third kappa shape index (κ3) is 4.79. The molecule has 2 atom stereocenters. The van der Waals surface area contributed by atoms with Crippen LogP contribution in [0.2, 0.25) is 0 Å².